The Bertz CT molecular complexity index is 393. The molecule has 0 bridgehead atoms. The molecule has 0 saturated heterocycles. The molecule has 2 heterocycles. The van der Waals surface area contributed by atoms with Gasteiger partial charge in [0, 0.05) is 12.8 Å². The van der Waals surface area contributed by atoms with Gasteiger partial charge in [-0.1, -0.05) is 28.8 Å². The lowest BCUT2D eigenvalue weighted by Crippen LogP contribution is -2.36. The number of aromatic nitrogens is 2. The van der Waals surface area contributed by atoms with Gasteiger partial charge in [0.15, 0.2) is 5.69 Å². The van der Waals surface area contributed by atoms with Crippen molar-refractivity contribution in [2.24, 2.45) is 7.05 Å². The lowest BCUT2D eigenvalue weighted by Gasteiger charge is -2.04. The van der Waals surface area contributed by atoms with Crippen molar-refractivity contribution < 1.29 is 4.57 Å². The summed E-state index contributed by atoms with van der Waals surface area (Å²) in [6.45, 7) is 2.09. The second-order valence-corrected chi connectivity index (χ2v) is 4.51. The molecule has 6 nitrogen and oxygen atoms in total. The van der Waals surface area contributed by atoms with Crippen molar-refractivity contribution in [2.75, 3.05) is 29.4 Å². The Kier molecular flexibility index (Phi) is 2.57. The summed E-state index contributed by atoms with van der Waals surface area (Å²) in [6.07, 6.45) is 0. The van der Waals surface area contributed by atoms with E-state index < -0.39 is 0 Å². The molecule has 0 fully saturated rings. The van der Waals surface area contributed by atoms with Gasteiger partial charge in [-0.05, 0) is 0 Å². The number of hydrazine groups is 2. The highest BCUT2D eigenvalue weighted by Crippen LogP contribution is 2.30. The van der Waals surface area contributed by atoms with Crippen LogP contribution in [0.4, 0.5) is 17.3 Å². The van der Waals surface area contributed by atoms with E-state index in [0.717, 1.165) is 22.4 Å². The summed E-state index contributed by atoms with van der Waals surface area (Å²) >= 11 is 1.67. The fourth-order valence-electron chi connectivity index (χ4n) is 1.47. The number of fused-ring (bicyclic) bond motifs is 1. The molecule has 7 heteroatoms. The molecule has 0 spiro atoms. The molecule has 1 aromatic rings. The first-order valence-corrected chi connectivity index (χ1v) is 5.71. The van der Waals surface area contributed by atoms with E-state index >= 15 is 0 Å². The van der Waals surface area contributed by atoms with Crippen molar-refractivity contribution in [3.05, 3.63) is 0 Å². The van der Waals surface area contributed by atoms with Crippen LogP contribution < -0.4 is 21.2 Å². The summed E-state index contributed by atoms with van der Waals surface area (Å²) in [5.74, 6) is 2.44. The summed E-state index contributed by atoms with van der Waals surface area (Å²) in [4.78, 5) is 4.34. The molecule has 0 atom stereocenters. The molecule has 1 aromatic heterocycles. The predicted octanol–water partition coefficient (Wildman–Crippen LogP) is 0.199. The van der Waals surface area contributed by atoms with Crippen molar-refractivity contribution in [2.45, 2.75) is 12.1 Å². The van der Waals surface area contributed by atoms with Gasteiger partial charge in [-0.25, -0.2) is 9.99 Å². The minimum absolute atomic E-state index is 0.524. The minimum Gasteiger partial charge on any atom is -0.368 e. The normalized spacial score (nSPS) is 14.6. The zero-order valence-corrected chi connectivity index (χ0v) is 9.85. The van der Waals surface area contributed by atoms with Crippen LogP contribution in [0.1, 0.15) is 6.92 Å². The van der Waals surface area contributed by atoms with Crippen LogP contribution in [0.2, 0.25) is 0 Å². The highest BCUT2D eigenvalue weighted by atomic mass is 32.2. The molecule has 15 heavy (non-hydrogen) atoms. The SMILES string of the molecule is CCSc1nc(N)c2c([n+]1C)NN(C)N2. The molecule has 0 radical (unpaired) electrons. The first-order chi connectivity index (χ1) is 7.13. The Balaban J connectivity index is 2.48. The van der Waals surface area contributed by atoms with E-state index in [1.54, 1.807) is 16.9 Å². The Morgan fingerprint density at radius 3 is 2.93 bits per heavy atom. The first-order valence-electron chi connectivity index (χ1n) is 4.72. The average Bonchev–Trinajstić information content (AvgIpc) is 2.57. The summed E-state index contributed by atoms with van der Waals surface area (Å²) in [5, 5.41) is 2.67. The van der Waals surface area contributed by atoms with Crippen molar-refractivity contribution in [3.8, 4) is 0 Å². The topological polar surface area (TPSA) is 70.1 Å². The summed E-state index contributed by atoms with van der Waals surface area (Å²) in [5.41, 5.74) is 12.9. The molecule has 82 valence electrons. The number of nitrogen functional groups attached to an aromatic ring is 1. The zero-order chi connectivity index (χ0) is 11.0. The standard InChI is InChI=1S/C8H14N6S/c1-4-15-8-10-6(9)5-7(13(8)2)12-14(3)11-5/h11H,4H2,1-3H3,(H2,9,12)/p+1. The summed E-state index contributed by atoms with van der Waals surface area (Å²) in [6, 6.07) is 0. The van der Waals surface area contributed by atoms with Gasteiger partial charge >= 0.3 is 5.16 Å². The van der Waals surface area contributed by atoms with Crippen LogP contribution >= 0.6 is 11.8 Å². The van der Waals surface area contributed by atoms with Gasteiger partial charge in [0.1, 0.15) is 0 Å². The molecule has 1 aliphatic heterocycles. The van der Waals surface area contributed by atoms with Gasteiger partial charge in [0.25, 0.3) is 5.82 Å². The number of hydrogen-bond donors (Lipinski definition) is 3. The number of hydrogen-bond acceptors (Lipinski definition) is 6. The van der Waals surface area contributed by atoms with Crippen molar-refractivity contribution in [1.29, 1.82) is 0 Å². The van der Waals surface area contributed by atoms with Gasteiger partial charge in [-0.3, -0.25) is 5.43 Å². The third kappa shape index (κ3) is 1.68. The molecule has 2 rings (SSSR count). The van der Waals surface area contributed by atoms with E-state index in [-0.39, 0.29) is 0 Å². The van der Waals surface area contributed by atoms with Crippen LogP contribution in [-0.4, -0.2) is 22.9 Å². The van der Waals surface area contributed by atoms with Crippen LogP contribution in [0.15, 0.2) is 5.16 Å². The smallest absolute Gasteiger partial charge is 0.300 e. The number of nitrogens with one attached hydrogen (secondary N) is 2. The second kappa shape index (κ2) is 3.74. The third-order valence-electron chi connectivity index (χ3n) is 2.16. The minimum atomic E-state index is 0.524. The quantitative estimate of drug-likeness (QED) is 0.381. The van der Waals surface area contributed by atoms with E-state index in [4.69, 9.17) is 5.73 Å². The lowest BCUT2D eigenvalue weighted by molar-refractivity contribution is -0.698. The van der Waals surface area contributed by atoms with Crippen LogP contribution in [-0.2, 0) is 7.05 Å². The maximum atomic E-state index is 5.87. The van der Waals surface area contributed by atoms with E-state index in [1.165, 1.54) is 0 Å². The van der Waals surface area contributed by atoms with E-state index in [9.17, 15) is 0 Å². The summed E-state index contributed by atoms with van der Waals surface area (Å²) in [7, 11) is 3.85. The highest BCUT2D eigenvalue weighted by molar-refractivity contribution is 7.99. The Morgan fingerprint density at radius 2 is 2.27 bits per heavy atom. The van der Waals surface area contributed by atoms with Crippen LogP contribution in [0.25, 0.3) is 0 Å². The number of nitrogens with two attached hydrogens (primary N) is 1. The van der Waals surface area contributed by atoms with E-state index in [2.05, 4.69) is 22.8 Å². The van der Waals surface area contributed by atoms with Gasteiger partial charge in [-0.15, -0.1) is 0 Å². The number of rotatable bonds is 2. The third-order valence-corrected chi connectivity index (χ3v) is 3.07. The zero-order valence-electron chi connectivity index (χ0n) is 9.03. The number of nitrogens with zero attached hydrogens (tertiary/aromatic N) is 3. The molecule has 0 aromatic carbocycles. The van der Waals surface area contributed by atoms with Crippen LogP contribution in [0.5, 0.6) is 0 Å². The van der Waals surface area contributed by atoms with Gasteiger partial charge < -0.3 is 5.73 Å². The number of anilines is 3. The van der Waals surface area contributed by atoms with Gasteiger partial charge in [-0.2, -0.15) is 0 Å². The van der Waals surface area contributed by atoms with Gasteiger partial charge in [0.2, 0.25) is 5.82 Å². The van der Waals surface area contributed by atoms with Crippen molar-refractivity contribution in [3.63, 3.8) is 0 Å². The molecule has 1 aliphatic rings. The lowest BCUT2D eigenvalue weighted by atomic mass is 10.4. The fraction of sp³-hybridized carbons (Fsp3) is 0.500. The molecule has 0 amide bonds. The van der Waals surface area contributed by atoms with E-state index in [1.807, 2.05) is 18.7 Å². The van der Waals surface area contributed by atoms with Crippen LogP contribution in [0, 0.1) is 0 Å². The predicted molar refractivity (Wildman–Crippen MR) is 61.2 cm³/mol. The van der Waals surface area contributed by atoms with Gasteiger partial charge in [0.05, 0.1) is 7.05 Å². The second-order valence-electron chi connectivity index (χ2n) is 3.28. The number of thioether (sulfide) groups is 1. The Morgan fingerprint density at radius 1 is 1.53 bits per heavy atom. The summed E-state index contributed by atoms with van der Waals surface area (Å²) < 4.78 is 2.00. The first kappa shape index (κ1) is 10.3. The molecule has 4 N–H and O–H groups in total. The van der Waals surface area contributed by atoms with Crippen molar-refractivity contribution >= 4 is 29.1 Å². The monoisotopic (exact) mass is 227 g/mol. The Hall–Kier alpha value is -1.21. The molecule has 0 unspecified atom stereocenters. The fourth-order valence-corrected chi connectivity index (χ4v) is 2.18. The largest absolute Gasteiger partial charge is 0.368 e. The van der Waals surface area contributed by atoms with Crippen molar-refractivity contribution in [1.82, 2.24) is 10.1 Å². The van der Waals surface area contributed by atoms with Crippen LogP contribution in [0.3, 0.4) is 0 Å². The average molecular weight is 227 g/mol. The maximum Gasteiger partial charge on any atom is 0.300 e. The molecule has 0 aliphatic carbocycles. The maximum absolute atomic E-state index is 5.87. The molecular weight excluding hydrogens is 212 g/mol. The Labute approximate surface area is 92.8 Å². The highest BCUT2D eigenvalue weighted by Gasteiger charge is 2.29. The molecular formula is C8H15N6S+. The van der Waals surface area contributed by atoms with E-state index in [0.29, 0.717) is 5.82 Å². The molecule has 0 saturated carbocycles.